The van der Waals surface area contributed by atoms with E-state index >= 15 is 0 Å². The lowest BCUT2D eigenvalue weighted by Gasteiger charge is -2.09. The maximum Gasteiger partial charge on any atom is 0.191 e. The van der Waals surface area contributed by atoms with Gasteiger partial charge in [-0.2, -0.15) is 5.10 Å². The lowest BCUT2D eigenvalue weighted by Crippen LogP contribution is -2.18. The lowest BCUT2D eigenvalue weighted by atomic mass is 10.1. The van der Waals surface area contributed by atoms with Crippen LogP contribution in [0.2, 0.25) is 5.02 Å². The standard InChI is InChI=1S/C28H26ClN5O/c29-22-13-11-20(12-14-22)28-21(19-34(33-28)23-7-2-1-3-8-23)18-30-15-6-16-31-27-17-26(35)24-9-4-5-10-25(24)32-27/h1-5,7-14,17,19,30H,6,15-16,18H2,(H2,31,32,35). The van der Waals surface area contributed by atoms with Gasteiger partial charge in [-0.3, -0.25) is 4.79 Å². The van der Waals surface area contributed by atoms with Gasteiger partial charge in [0.1, 0.15) is 5.82 Å². The average Bonchev–Trinajstić information content (AvgIpc) is 3.31. The van der Waals surface area contributed by atoms with Crippen molar-refractivity contribution in [3.05, 3.63) is 112 Å². The van der Waals surface area contributed by atoms with Crippen LogP contribution in [-0.2, 0) is 6.54 Å². The first-order valence-corrected chi connectivity index (χ1v) is 12.0. The number of benzene rings is 3. The van der Waals surface area contributed by atoms with Crippen molar-refractivity contribution in [2.24, 2.45) is 0 Å². The number of halogens is 1. The summed E-state index contributed by atoms with van der Waals surface area (Å²) in [5, 5.41) is 13.1. The van der Waals surface area contributed by atoms with Crippen molar-refractivity contribution in [2.75, 3.05) is 18.4 Å². The number of nitrogens with one attached hydrogen (secondary N) is 3. The van der Waals surface area contributed by atoms with E-state index < -0.39 is 0 Å². The Morgan fingerprint density at radius 3 is 2.51 bits per heavy atom. The molecule has 0 fully saturated rings. The molecule has 0 aliphatic rings. The quantitative estimate of drug-likeness (QED) is 0.238. The number of aromatic nitrogens is 3. The minimum atomic E-state index is 0.0186. The SMILES string of the molecule is O=c1cc(NCCCNCc2cn(-c3ccccc3)nc2-c2ccc(Cl)cc2)[nH]c2ccccc12. The topological polar surface area (TPSA) is 74.7 Å². The van der Waals surface area contributed by atoms with Crippen LogP contribution in [0.3, 0.4) is 0 Å². The number of fused-ring (bicyclic) bond motifs is 1. The van der Waals surface area contributed by atoms with Crippen molar-refractivity contribution < 1.29 is 0 Å². The Morgan fingerprint density at radius 1 is 0.914 bits per heavy atom. The van der Waals surface area contributed by atoms with Crippen LogP contribution in [-0.4, -0.2) is 27.9 Å². The summed E-state index contributed by atoms with van der Waals surface area (Å²) in [4.78, 5) is 15.6. The van der Waals surface area contributed by atoms with Crippen molar-refractivity contribution >= 4 is 28.3 Å². The maximum absolute atomic E-state index is 12.3. The molecule has 0 aliphatic heterocycles. The average molecular weight is 484 g/mol. The molecule has 0 bridgehead atoms. The molecule has 0 saturated heterocycles. The van der Waals surface area contributed by atoms with Crippen molar-refractivity contribution in [1.82, 2.24) is 20.1 Å². The Kier molecular flexibility index (Phi) is 6.93. The molecule has 7 heteroatoms. The van der Waals surface area contributed by atoms with Crippen LogP contribution in [0.5, 0.6) is 0 Å². The minimum absolute atomic E-state index is 0.0186. The first-order valence-electron chi connectivity index (χ1n) is 11.6. The molecule has 0 atom stereocenters. The summed E-state index contributed by atoms with van der Waals surface area (Å²) in [7, 11) is 0. The van der Waals surface area contributed by atoms with E-state index in [2.05, 4.69) is 21.8 Å². The molecule has 3 aromatic carbocycles. The normalized spacial score (nSPS) is 11.1. The van der Waals surface area contributed by atoms with Gasteiger partial charge >= 0.3 is 0 Å². The van der Waals surface area contributed by atoms with Gasteiger partial charge in [-0.25, -0.2) is 4.68 Å². The number of rotatable bonds is 9. The Morgan fingerprint density at radius 2 is 1.69 bits per heavy atom. The van der Waals surface area contributed by atoms with Gasteiger partial charge in [-0.1, -0.05) is 54.1 Å². The fourth-order valence-corrected chi connectivity index (χ4v) is 4.18. The van der Waals surface area contributed by atoms with Crippen molar-refractivity contribution in [3.63, 3.8) is 0 Å². The van der Waals surface area contributed by atoms with Crippen LogP contribution in [0, 0.1) is 0 Å². The second-order valence-electron chi connectivity index (χ2n) is 8.34. The monoisotopic (exact) mass is 483 g/mol. The molecular formula is C28H26ClN5O. The van der Waals surface area contributed by atoms with Gasteiger partial charge in [0.25, 0.3) is 0 Å². The zero-order chi connectivity index (χ0) is 24.0. The van der Waals surface area contributed by atoms with E-state index in [9.17, 15) is 4.79 Å². The van der Waals surface area contributed by atoms with Gasteiger partial charge in [0.05, 0.1) is 16.9 Å². The summed E-state index contributed by atoms with van der Waals surface area (Å²) in [6, 6.07) is 27.0. The first-order chi connectivity index (χ1) is 17.2. The van der Waals surface area contributed by atoms with Crippen LogP contribution in [0.15, 0.2) is 95.9 Å². The van der Waals surface area contributed by atoms with E-state index in [-0.39, 0.29) is 5.43 Å². The number of anilines is 1. The Labute approximate surface area is 208 Å². The molecule has 5 rings (SSSR count). The summed E-state index contributed by atoms with van der Waals surface area (Å²) >= 11 is 6.09. The fraction of sp³-hybridized carbons (Fsp3) is 0.143. The highest BCUT2D eigenvalue weighted by atomic mass is 35.5. The van der Waals surface area contributed by atoms with Crippen LogP contribution >= 0.6 is 11.6 Å². The van der Waals surface area contributed by atoms with Crippen LogP contribution < -0.4 is 16.1 Å². The predicted molar refractivity (Wildman–Crippen MR) is 143 cm³/mol. The third-order valence-electron chi connectivity index (χ3n) is 5.83. The molecule has 2 heterocycles. The van der Waals surface area contributed by atoms with Crippen LogP contribution in [0.25, 0.3) is 27.8 Å². The first kappa shape index (κ1) is 22.9. The summed E-state index contributed by atoms with van der Waals surface area (Å²) in [5.41, 5.74) is 4.95. The summed E-state index contributed by atoms with van der Waals surface area (Å²) < 4.78 is 1.92. The van der Waals surface area contributed by atoms with Gasteiger partial charge < -0.3 is 15.6 Å². The minimum Gasteiger partial charge on any atom is -0.371 e. The molecule has 3 N–H and O–H groups in total. The zero-order valence-electron chi connectivity index (χ0n) is 19.2. The van der Waals surface area contributed by atoms with E-state index in [0.717, 1.165) is 53.4 Å². The molecular weight excluding hydrogens is 458 g/mol. The van der Waals surface area contributed by atoms with Gasteiger partial charge in [-0.05, 0) is 49.4 Å². The van der Waals surface area contributed by atoms with E-state index in [1.165, 1.54) is 0 Å². The largest absolute Gasteiger partial charge is 0.371 e. The van der Waals surface area contributed by atoms with Crippen molar-refractivity contribution in [1.29, 1.82) is 0 Å². The lowest BCUT2D eigenvalue weighted by molar-refractivity contribution is 0.663. The number of nitrogens with zero attached hydrogens (tertiary/aromatic N) is 2. The maximum atomic E-state index is 12.3. The molecule has 0 saturated carbocycles. The highest BCUT2D eigenvalue weighted by molar-refractivity contribution is 6.30. The van der Waals surface area contributed by atoms with Gasteiger partial charge in [0.15, 0.2) is 5.43 Å². The molecule has 6 nitrogen and oxygen atoms in total. The Bertz CT molecular complexity index is 1480. The molecule has 35 heavy (non-hydrogen) atoms. The van der Waals surface area contributed by atoms with E-state index in [4.69, 9.17) is 16.7 Å². The number of pyridine rings is 1. The zero-order valence-corrected chi connectivity index (χ0v) is 19.9. The summed E-state index contributed by atoms with van der Waals surface area (Å²) in [6.45, 7) is 2.26. The fourth-order valence-electron chi connectivity index (χ4n) is 4.05. The van der Waals surface area contributed by atoms with E-state index in [0.29, 0.717) is 17.0 Å². The Balaban J connectivity index is 1.21. The van der Waals surface area contributed by atoms with E-state index in [1.54, 1.807) is 6.07 Å². The number of hydrogen-bond acceptors (Lipinski definition) is 4. The second kappa shape index (κ2) is 10.6. The van der Waals surface area contributed by atoms with Gasteiger partial charge in [0, 0.05) is 46.9 Å². The molecule has 5 aromatic rings. The Hall–Kier alpha value is -3.87. The van der Waals surface area contributed by atoms with Crippen LogP contribution in [0.4, 0.5) is 5.82 Å². The third kappa shape index (κ3) is 5.45. The summed E-state index contributed by atoms with van der Waals surface area (Å²) in [6.07, 6.45) is 2.97. The van der Waals surface area contributed by atoms with Crippen molar-refractivity contribution in [3.8, 4) is 16.9 Å². The molecule has 0 unspecified atom stereocenters. The molecule has 0 spiro atoms. The molecule has 0 radical (unpaired) electrons. The molecule has 0 amide bonds. The summed E-state index contributed by atoms with van der Waals surface area (Å²) in [5.74, 6) is 0.739. The van der Waals surface area contributed by atoms with Crippen LogP contribution in [0.1, 0.15) is 12.0 Å². The number of hydrogen-bond donors (Lipinski definition) is 3. The highest BCUT2D eigenvalue weighted by Gasteiger charge is 2.12. The molecule has 176 valence electrons. The highest BCUT2D eigenvalue weighted by Crippen LogP contribution is 2.25. The smallest absolute Gasteiger partial charge is 0.191 e. The third-order valence-corrected chi connectivity index (χ3v) is 6.08. The predicted octanol–water partition coefficient (Wildman–Crippen LogP) is 5.63. The molecule has 2 aromatic heterocycles. The second-order valence-corrected chi connectivity index (χ2v) is 8.78. The molecule has 0 aliphatic carbocycles. The van der Waals surface area contributed by atoms with E-state index in [1.807, 2.05) is 83.5 Å². The van der Waals surface area contributed by atoms with Crippen molar-refractivity contribution in [2.45, 2.75) is 13.0 Å². The number of para-hydroxylation sites is 2. The number of H-pyrrole nitrogens is 1. The van der Waals surface area contributed by atoms with Gasteiger partial charge in [-0.15, -0.1) is 0 Å². The van der Waals surface area contributed by atoms with Gasteiger partial charge in [0.2, 0.25) is 0 Å². The number of aromatic amines is 1.